The second kappa shape index (κ2) is 12.0. The molecule has 28 heavy (non-hydrogen) atoms. The monoisotopic (exact) mass is 393 g/mol. The van der Waals surface area contributed by atoms with E-state index in [4.69, 9.17) is 4.74 Å². The third-order valence-electron chi connectivity index (χ3n) is 4.02. The Morgan fingerprint density at radius 1 is 0.929 bits per heavy atom. The lowest BCUT2D eigenvalue weighted by molar-refractivity contribution is -0.130. The standard InChI is InChI=1S/C20H31N3O5/c1-13(2)10-17(11-24)23-19(26)14(3)21-18(25)15(4)22-20(27)28-12-16-8-6-5-7-9-16/h5-9,13-15,17,24H,10-12H2,1-4H3,(H,21,25)(H,22,27)(H,23,26)/t14-,15+,17-/m0/s1. The molecule has 0 bridgehead atoms. The van der Waals surface area contributed by atoms with Gasteiger partial charge in [-0.1, -0.05) is 44.2 Å². The first-order chi connectivity index (χ1) is 13.2. The molecule has 0 aliphatic heterocycles. The predicted molar refractivity (Wildman–Crippen MR) is 105 cm³/mol. The largest absolute Gasteiger partial charge is 0.445 e. The molecule has 0 saturated carbocycles. The van der Waals surface area contributed by atoms with Crippen LogP contribution in [0.15, 0.2) is 30.3 Å². The van der Waals surface area contributed by atoms with Gasteiger partial charge >= 0.3 is 6.09 Å². The zero-order chi connectivity index (χ0) is 21.1. The molecule has 8 heteroatoms. The minimum Gasteiger partial charge on any atom is -0.445 e. The molecule has 3 amide bonds. The molecule has 0 aliphatic carbocycles. The van der Waals surface area contributed by atoms with Crippen LogP contribution in [0.25, 0.3) is 0 Å². The summed E-state index contributed by atoms with van der Waals surface area (Å²) in [5.41, 5.74) is 0.833. The molecule has 0 aliphatic rings. The Morgan fingerprint density at radius 2 is 1.50 bits per heavy atom. The van der Waals surface area contributed by atoms with Gasteiger partial charge in [0.2, 0.25) is 11.8 Å². The summed E-state index contributed by atoms with van der Waals surface area (Å²) < 4.78 is 5.07. The highest BCUT2D eigenvalue weighted by Crippen LogP contribution is 2.04. The van der Waals surface area contributed by atoms with Gasteiger partial charge in [-0.25, -0.2) is 4.79 Å². The first-order valence-corrected chi connectivity index (χ1v) is 9.41. The zero-order valence-electron chi connectivity index (χ0n) is 16.9. The van der Waals surface area contributed by atoms with E-state index in [0.29, 0.717) is 12.3 Å². The number of hydrogen-bond acceptors (Lipinski definition) is 5. The average Bonchev–Trinajstić information content (AvgIpc) is 2.65. The number of ether oxygens (including phenoxy) is 1. The van der Waals surface area contributed by atoms with Crippen LogP contribution in [0.1, 0.15) is 39.7 Å². The van der Waals surface area contributed by atoms with Crippen LogP contribution in [0.3, 0.4) is 0 Å². The first-order valence-electron chi connectivity index (χ1n) is 9.41. The van der Waals surface area contributed by atoms with Crippen LogP contribution in [-0.4, -0.2) is 47.7 Å². The lowest BCUT2D eigenvalue weighted by atomic mass is 10.0. The molecule has 1 rings (SSSR count). The topological polar surface area (TPSA) is 117 Å². The number of aliphatic hydroxyl groups excluding tert-OH is 1. The fraction of sp³-hybridized carbons (Fsp3) is 0.550. The highest BCUT2D eigenvalue weighted by atomic mass is 16.5. The highest BCUT2D eigenvalue weighted by molar-refractivity contribution is 5.90. The summed E-state index contributed by atoms with van der Waals surface area (Å²) in [5, 5.41) is 17.0. The van der Waals surface area contributed by atoms with Crippen molar-refractivity contribution in [1.29, 1.82) is 0 Å². The van der Waals surface area contributed by atoms with Crippen LogP contribution in [-0.2, 0) is 20.9 Å². The van der Waals surface area contributed by atoms with E-state index >= 15 is 0 Å². The van der Waals surface area contributed by atoms with Crippen molar-refractivity contribution in [2.75, 3.05) is 6.61 Å². The third-order valence-corrected chi connectivity index (χ3v) is 4.02. The lowest BCUT2D eigenvalue weighted by Gasteiger charge is -2.22. The Bertz CT molecular complexity index is 636. The molecule has 1 aromatic rings. The maximum atomic E-state index is 12.2. The molecular weight excluding hydrogens is 362 g/mol. The molecule has 8 nitrogen and oxygen atoms in total. The first kappa shape index (κ1) is 23.4. The van der Waals surface area contributed by atoms with Gasteiger partial charge in [0.1, 0.15) is 18.7 Å². The van der Waals surface area contributed by atoms with Crippen molar-refractivity contribution >= 4 is 17.9 Å². The molecule has 0 unspecified atom stereocenters. The van der Waals surface area contributed by atoms with Crippen molar-refractivity contribution in [3.05, 3.63) is 35.9 Å². The van der Waals surface area contributed by atoms with Crippen LogP contribution in [0.2, 0.25) is 0 Å². The molecule has 156 valence electrons. The van der Waals surface area contributed by atoms with E-state index in [0.717, 1.165) is 5.56 Å². The Hall–Kier alpha value is -2.61. The van der Waals surface area contributed by atoms with Crippen LogP contribution in [0.4, 0.5) is 4.79 Å². The second-order valence-corrected chi connectivity index (χ2v) is 7.18. The van der Waals surface area contributed by atoms with E-state index in [1.54, 1.807) is 0 Å². The Kier molecular flexibility index (Phi) is 10.0. The van der Waals surface area contributed by atoms with Crippen molar-refractivity contribution in [2.24, 2.45) is 5.92 Å². The lowest BCUT2D eigenvalue weighted by Crippen LogP contribution is -2.53. The molecule has 0 spiro atoms. The summed E-state index contributed by atoms with van der Waals surface area (Å²) in [6.45, 7) is 6.94. The number of carbonyl (C=O) groups excluding carboxylic acids is 3. The van der Waals surface area contributed by atoms with Crippen molar-refractivity contribution in [3.8, 4) is 0 Å². The number of nitrogens with one attached hydrogen (secondary N) is 3. The fourth-order valence-electron chi connectivity index (χ4n) is 2.49. The van der Waals surface area contributed by atoms with Gasteiger partial charge < -0.3 is 25.8 Å². The van der Waals surface area contributed by atoms with Gasteiger partial charge in [-0.2, -0.15) is 0 Å². The van der Waals surface area contributed by atoms with Gasteiger partial charge in [0.15, 0.2) is 0 Å². The summed E-state index contributed by atoms with van der Waals surface area (Å²) in [4.78, 5) is 36.2. The number of benzene rings is 1. The Labute approximate surface area is 166 Å². The van der Waals surface area contributed by atoms with E-state index in [2.05, 4.69) is 16.0 Å². The van der Waals surface area contributed by atoms with Crippen LogP contribution in [0, 0.1) is 5.92 Å². The number of carbonyl (C=O) groups is 3. The summed E-state index contributed by atoms with van der Waals surface area (Å²) in [6, 6.07) is 7.13. The minimum absolute atomic E-state index is 0.0955. The molecule has 0 aromatic heterocycles. The zero-order valence-corrected chi connectivity index (χ0v) is 16.9. The highest BCUT2D eigenvalue weighted by Gasteiger charge is 2.23. The van der Waals surface area contributed by atoms with Crippen molar-refractivity contribution in [3.63, 3.8) is 0 Å². The molecule has 4 N–H and O–H groups in total. The van der Waals surface area contributed by atoms with Gasteiger partial charge in [0, 0.05) is 0 Å². The molecule has 1 aromatic carbocycles. The minimum atomic E-state index is -0.872. The molecular formula is C20H31N3O5. The molecule has 0 heterocycles. The molecule has 0 fully saturated rings. The molecule has 3 atom stereocenters. The Morgan fingerprint density at radius 3 is 2.07 bits per heavy atom. The summed E-state index contributed by atoms with van der Waals surface area (Å²) >= 11 is 0. The Balaban J connectivity index is 2.40. The fourth-order valence-corrected chi connectivity index (χ4v) is 2.49. The van der Waals surface area contributed by atoms with Crippen LogP contribution < -0.4 is 16.0 Å². The SMILES string of the molecule is CC(C)C[C@@H](CO)NC(=O)[C@H](C)NC(=O)[C@@H](C)NC(=O)OCc1ccccc1. The number of aliphatic hydroxyl groups is 1. The second-order valence-electron chi connectivity index (χ2n) is 7.18. The van der Waals surface area contributed by atoms with Crippen molar-refractivity contribution in [1.82, 2.24) is 16.0 Å². The van der Waals surface area contributed by atoms with E-state index in [9.17, 15) is 19.5 Å². The van der Waals surface area contributed by atoms with E-state index in [1.807, 2.05) is 44.2 Å². The van der Waals surface area contributed by atoms with Gasteiger partial charge in [0.05, 0.1) is 12.6 Å². The van der Waals surface area contributed by atoms with E-state index in [1.165, 1.54) is 13.8 Å². The number of alkyl carbamates (subject to hydrolysis) is 1. The van der Waals surface area contributed by atoms with Crippen LogP contribution in [0.5, 0.6) is 0 Å². The average molecular weight is 393 g/mol. The summed E-state index contributed by atoms with van der Waals surface area (Å²) in [7, 11) is 0. The smallest absolute Gasteiger partial charge is 0.408 e. The number of rotatable bonds is 10. The number of amides is 3. The van der Waals surface area contributed by atoms with Crippen LogP contribution >= 0.6 is 0 Å². The van der Waals surface area contributed by atoms with Gasteiger partial charge in [-0.3, -0.25) is 9.59 Å². The van der Waals surface area contributed by atoms with Gasteiger partial charge in [-0.15, -0.1) is 0 Å². The molecule has 0 saturated heterocycles. The summed E-state index contributed by atoms with van der Waals surface area (Å²) in [5.74, 6) is -0.593. The van der Waals surface area contributed by atoms with Gasteiger partial charge in [0.25, 0.3) is 0 Å². The van der Waals surface area contributed by atoms with E-state index in [-0.39, 0.29) is 19.3 Å². The van der Waals surface area contributed by atoms with Gasteiger partial charge in [-0.05, 0) is 31.7 Å². The predicted octanol–water partition coefficient (Wildman–Crippen LogP) is 1.33. The molecule has 0 radical (unpaired) electrons. The van der Waals surface area contributed by atoms with Crippen molar-refractivity contribution < 1.29 is 24.2 Å². The van der Waals surface area contributed by atoms with Crippen molar-refractivity contribution in [2.45, 2.75) is 58.8 Å². The van der Waals surface area contributed by atoms with E-state index < -0.39 is 30.0 Å². The quantitative estimate of drug-likeness (QED) is 0.478. The summed E-state index contributed by atoms with van der Waals surface area (Å²) in [6.07, 6.45) is -0.0883. The maximum Gasteiger partial charge on any atom is 0.408 e. The third kappa shape index (κ3) is 8.85. The normalized spacial score (nSPS) is 13.9. The number of hydrogen-bond donors (Lipinski definition) is 4. The maximum absolute atomic E-state index is 12.2.